The van der Waals surface area contributed by atoms with Crippen LogP contribution in [0.2, 0.25) is 0 Å². The number of nitrogens with zero attached hydrogens (tertiary/aromatic N) is 4. The van der Waals surface area contributed by atoms with Gasteiger partial charge in [0.25, 0.3) is 0 Å². The molecule has 1 aromatic carbocycles. The molecule has 2 aromatic heterocycles. The first-order chi connectivity index (χ1) is 13.1. The van der Waals surface area contributed by atoms with Gasteiger partial charge in [-0.1, -0.05) is 11.3 Å². The number of hydrogen-bond acceptors (Lipinski definition) is 7. The van der Waals surface area contributed by atoms with Gasteiger partial charge in [-0.25, -0.2) is 13.9 Å². The van der Waals surface area contributed by atoms with E-state index in [4.69, 9.17) is 20.3 Å². The Hall–Kier alpha value is -2.23. The van der Waals surface area contributed by atoms with Crippen LogP contribution in [-0.4, -0.2) is 53.6 Å². The second kappa shape index (κ2) is 6.43. The smallest absolute Gasteiger partial charge is 0.214 e. The predicted octanol–water partition coefficient (Wildman–Crippen LogP) is 2.16. The summed E-state index contributed by atoms with van der Waals surface area (Å²) in [5, 5.41) is 5.66. The molecule has 3 atom stereocenters. The van der Waals surface area contributed by atoms with E-state index < -0.39 is 0 Å². The summed E-state index contributed by atoms with van der Waals surface area (Å²) in [4.78, 5) is 7.49. The van der Waals surface area contributed by atoms with Gasteiger partial charge in [0, 0.05) is 43.3 Å². The number of methoxy groups -OCH3 is 1. The molecule has 0 bridgehead atoms. The minimum absolute atomic E-state index is 0.168. The number of rotatable bonds is 3. The van der Waals surface area contributed by atoms with Gasteiger partial charge in [0.05, 0.1) is 25.1 Å². The molecule has 1 unspecified atom stereocenters. The number of fused-ring (bicyclic) bond motifs is 2. The molecule has 2 aliphatic heterocycles. The summed E-state index contributed by atoms with van der Waals surface area (Å²) in [6.07, 6.45) is 2.81. The van der Waals surface area contributed by atoms with E-state index in [1.807, 2.05) is 0 Å². The van der Waals surface area contributed by atoms with Gasteiger partial charge in [-0.15, -0.1) is 5.10 Å². The molecule has 3 aromatic rings. The molecule has 2 aliphatic rings. The monoisotopic (exact) mass is 389 g/mol. The Balaban J connectivity index is 1.49. The maximum absolute atomic E-state index is 13.5. The van der Waals surface area contributed by atoms with E-state index in [1.54, 1.807) is 16.8 Å². The average Bonchev–Trinajstić information content (AvgIpc) is 3.35. The van der Waals surface area contributed by atoms with Gasteiger partial charge in [0.1, 0.15) is 11.6 Å². The summed E-state index contributed by atoms with van der Waals surface area (Å²) in [6, 6.07) is 4.64. The highest BCUT2D eigenvalue weighted by Crippen LogP contribution is 2.36. The summed E-state index contributed by atoms with van der Waals surface area (Å²) in [7, 11) is 1.53. The van der Waals surface area contributed by atoms with Gasteiger partial charge in [0.2, 0.25) is 10.1 Å². The molecule has 7 nitrogen and oxygen atoms in total. The first kappa shape index (κ1) is 16.9. The van der Waals surface area contributed by atoms with Crippen molar-refractivity contribution in [3.63, 3.8) is 0 Å². The van der Waals surface area contributed by atoms with Crippen molar-refractivity contribution >= 4 is 21.4 Å². The Morgan fingerprint density at radius 3 is 3.07 bits per heavy atom. The predicted molar refractivity (Wildman–Crippen MR) is 101 cm³/mol. The number of benzene rings is 1. The summed E-state index contributed by atoms with van der Waals surface area (Å²) < 4.78 is 26.6. The lowest BCUT2D eigenvalue weighted by molar-refractivity contribution is -0.00904. The molecular formula is C18H20FN5O2S. The van der Waals surface area contributed by atoms with Crippen molar-refractivity contribution < 1.29 is 13.9 Å². The standard InChI is InChI=1S/C18H20FN5O2S/c1-25-15-6-10(19)2-3-11(15)14-7-21-17-24(14)22-18(27-17)23-8-12-13(20)4-5-26-16(12)9-23/h2-3,6-7,12-13,16H,4-5,8-9,20H2,1H3/t12?,13-,16+/m1/s1. The number of halogens is 1. The minimum Gasteiger partial charge on any atom is -0.496 e. The second-order valence-corrected chi connectivity index (χ2v) is 7.93. The third-order valence-corrected chi connectivity index (χ3v) is 6.41. The number of hydrogen-bond donors (Lipinski definition) is 1. The minimum atomic E-state index is -0.341. The van der Waals surface area contributed by atoms with Gasteiger partial charge in [-0.3, -0.25) is 0 Å². The highest BCUT2D eigenvalue weighted by Gasteiger charge is 2.41. The second-order valence-electron chi connectivity index (χ2n) is 7.00. The first-order valence-corrected chi connectivity index (χ1v) is 9.76. The zero-order chi connectivity index (χ0) is 18.5. The average molecular weight is 389 g/mol. The van der Waals surface area contributed by atoms with E-state index in [1.165, 1.54) is 30.6 Å². The fourth-order valence-electron chi connectivity index (χ4n) is 3.98. The Bertz CT molecular complexity index is 989. The van der Waals surface area contributed by atoms with Crippen LogP contribution in [-0.2, 0) is 4.74 Å². The van der Waals surface area contributed by atoms with Crippen molar-refractivity contribution in [1.82, 2.24) is 14.6 Å². The van der Waals surface area contributed by atoms with Crippen LogP contribution in [0.5, 0.6) is 5.75 Å². The maximum atomic E-state index is 13.5. The molecule has 9 heteroatoms. The third-order valence-electron chi connectivity index (χ3n) is 5.43. The molecule has 2 N–H and O–H groups in total. The lowest BCUT2D eigenvalue weighted by Gasteiger charge is -2.29. The van der Waals surface area contributed by atoms with E-state index in [0.717, 1.165) is 47.5 Å². The lowest BCUT2D eigenvalue weighted by Crippen LogP contribution is -2.43. The normalized spacial score (nSPS) is 25.1. The molecule has 0 radical (unpaired) electrons. The van der Waals surface area contributed by atoms with Crippen molar-refractivity contribution in [1.29, 1.82) is 0 Å². The van der Waals surface area contributed by atoms with Crippen molar-refractivity contribution in [2.24, 2.45) is 11.7 Å². The van der Waals surface area contributed by atoms with E-state index in [0.29, 0.717) is 11.7 Å². The van der Waals surface area contributed by atoms with Crippen LogP contribution >= 0.6 is 11.3 Å². The zero-order valence-corrected chi connectivity index (χ0v) is 15.7. The van der Waals surface area contributed by atoms with Crippen molar-refractivity contribution in [3.05, 3.63) is 30.2 Å². The van der Waals surface area contributed by atoms with Crippen LogP contribution in [0, 0.1) is 11.7 Å². The molecule has 4 heterocycles. The summed E-state index contributed by atoms with van der Waals surface area (Å²) in [6.45, 7) is 2.37. The number of ether oxygens (including phenoxy) is 2. The van der Waals surface area contributed by atoms with Gasteiger partial charge < -0.3 is 20.1 Å². The third kappa shape index (κ3) is 2.77. The maximum Gasteiger partial charge on any atom is 0.214 e. The summed E-state index contributed by atoms with van der Waals surface area (Å²) in [5.74, 6) is 0.455. The van der Waals surface area contributed by atoms with Crippen LogP contribution in [0.15, 0.2) is 24.4 Å². The molecule has 5 rings (SSSR count). The SMILES string of the molecule is COc1cc(F)ccc1-c1cnc2sc(N3CC4[C@H](N)CCO[C@H]4C3)nn12. The fourth-order valence-corrected chi connectivity index (χ4v) is 4.88. The molecule has 0 spiro atoms. The molecule has 2 saturated heterocycles. The quantitative estimate of drug-likeness (QED) is 0.740. The molecule has 0 aliphatic carbocycles. The fraction of sp³-hybridized carbons (Fsp3) is 0.444. The van der Waals surface area contributed by atoms with Gasteiger partial charge in [-0.05, 0) is 18.6 Å². The zero-order valence-electron chi connectivity index (χ0n) is 14.8. The van der Waals surface area contributed by atoms with E-state index in [9.17, 15) is 4.39 Å². The summed E-state index contributed by atoms with van der Waals surface area (Å²) in [5.41, 5.74) is 7.80. The molecule has 142 valence electrons. The number of nitrogens with two attached hydrogens (primary N) is 1. The Labute approximate surface area is 159 Å². The molecule has 2 fully saturated rings. The Kier molecular flexibility index (Phi) is 4.03. The van der Waals surface area contributed by atoms with E-state index >= 15 is 0 Å². The van der Waals surface area contributed by atoms with Gasteiger partial charge >= 0.3 is 0 Å². The van der Waals surface area contributed by atoms with Crippen molar-refractivity contribution in [2.75, 3.05) is 31.7 Å². The van der Waals surface area contributed by atoms with Crippen LogP contribution in [0.3, 0.4) is 0 Å². The lowest BCUT2D eigenvalue weighted by atomic mass is 9.93. The molecule has 27 heavy (non-hydrogen) atoms. The molecular weight excluding hydrogens is 369 g/mol. The van der Waals surface area contributed by atoms with Crippen molar-refractivity contribution in [2.45, 2.75) is 18.6 Å². The van der Waals surface area contributed by atoms with Crippen LogP contribution in [0.25, 0.3) is 16.2 Å². The largest absolute Gasteiger partial charge is 0.496 e. The summed E-state index contributed by atoms with van der Waals surface area (Å²) >= 11 is 1.53. The number of aromatic nitrogens is 3. The van der Waals surface area contributed by atoms with Crippen LogP contribution in [0.4, 0.5) is 9.52 Å². The highest BCUT2D eigenvalue weighted by molar-refractivity contribution is 7.20. The Morgan fingerprint density at radius 1 is 1.37 bits per heavy atom. The number of imidazole rings is 1. The topological polar surface area (TPSA) is 77.9 Å². The van der Waals surface area contributed by atoms with E-state index in [2.05, 4.69) is 9.88 Å². The highest BCUT2D eigenvalue weighted by atomic mass is 32.1. The van der Waals surface area contributed by atoms with E-state index in [-0.39, 0.29) is 18.0 Å². The first-order valence-electron chi connectivity index (χ1n) is 8.94. The van der Waals surface area contributed by atoms with Crippen LogP contribution in [0.1, 0.15) is 6.42 Å². The van der Waals surface area contributed by atoms with Gasteiger partial charge in [0.15, 0.2) is 0 Å². The van der Waals surface area contributed by atoms with Crippen LogP contribution < -0.4 is 15.4 Å². The molecule has 0 saturated carbocycles. The molecule has 0 amide bonds. The van der Waals surface area contributed by atoms with Crippen molar-refractivity contribution in [3.8, 4) is 17.0 Å². The Morgan fingerprint density at radius 2 is 2.26 bits per heavy atom. The van der Waals surface area contributed by atoms with Gasteiger partial charge in [-0.2, -0.15) is 0 Å². The number of anilines is 1.